The Morgan fingerprint density at radius 1 is 0.783 bits per heavy atom. The Morgan fingerprint density at radius 3 is 2.00 bits per heavy atom. The summed E-state index contributed by atoms with van der Waals surface area (Å²) < 4.78 is 0. The lowest BCUT2D eigenvalue weighted by Gasteiger charge is -2.06. The van der Waals surface area contributed by atoms with Crippen LogP contribution in [0.25, 0.3) is 11.1 Å². The van der Waals surface area contributed by atoms with Gasteiger partial charge >= 0.3 is 0 Å². The van der Waals surface area contributed by atoms with E-state index in [0.29, 0.717) is 16.7 Å². The number of ketones is 1. The maximum absolute atomic E-state index is 12.4. The minimum absolute atomic E-state index is 0.0713. The van der Waals surface area contributed by atoms with Crippen molar-refractivity contribution < 1.29 is 9.72 Å². The van der Waals surface area contributed by atoms with Crippen molar-refractivity contribution in [2.24, 2.45) is 0 Å². The molecule has 23 heavy (non-hydrogen) atoms. The van der Waals surface area contributed by atoms with Crippen LogP contribution in [0.15, 0.2) is 78.9 Å². The van der Waals surface area contributed by atoms with Crippen LogP contribution in [0.2, 0.25) is 0 Å². The van der Waals surface area contributed by atoms with E-state index in [1.807, 2.05) is 24.3 Å². The van der Waals surface area contributed by atoms with Crippen LogP contribution in [0.1, 0.15) is 15.9 Å². The molecule has 0 unspecified atom stereocenters. The molecule has 0 N–H and O–H groups in total. The zero-order valence-corrected chi connectivity index (χ0v) is 12.2. The molecule has 0 bridgehead atoms. The van der Waals surface area contributed by atoms with Crippen molar-refractivity contribution in [2.45, 2.75) is 0 Å². The highest BCUT2D eigenvalue weighted by molar-refractivity contribution is 6.09. The second kappa shape index (κ2) is 6.23. The van der Waals surface area contributed by atoms with Gasteiger partial charge in [0.25, 0.3) is 5.69 Å². The lowest BCUT2D eigenvalue weighted by Crippen LogP contribution is -2.02. The monoisotopic (exact) mass is 303 g/mol. The predicted molar refractivity (Wildman–Crippen MR) is 88.4 cm³/mol. The molecule has 0 aliphatic carbocycles. The second-order valence-electron chi connectivity index (χ2n) is 5.05. The number of rotatable bonds is 4. The number of hydrogen-bond acceptors (Lipinski definition) is 3. The molecule has 0 aliphatic heterocycles. The molecule has 4 heteroatoms. The minimum atomic E-state index is -0.454. The Kier molecular flexibility index (Phi) is 3.97. The van der Waals surface area contributed by atoms with Gasteiger partial charge in [-0.25, -0.2) is 0 Å². The molecule has 3 aromatic rings. The highest BCUT2D eigenvalue weighted by atomic mass is 16.6. The fraction of sp³-hybridized carbons (Fsp3) is 0. The van der Waals surface area contributed by atoms with Gasteiger partial charge in [-0.2, -0.15) is 0 Å². The van der Waals surface area contributed by atoms with E-state index in [9.17, 15) is 14.9 Å². The normalized spacial score (nSPS) is 10.3. The molecule has 3 rings (SSSR count). The zero-order valence-electron chi connectivity index (χ0n) is 12.2. The first-order valence-corrected chi connectivity index (χ1v) is 7.10. The van der Waals surface area contributed by atoms with Gasteiger partial charge < -0.3 is 0 Å². The fourth-order valence-electron chi connectivity index (χ4n) is 2.44. The van der Waals surface area contributed by atoms with Crippen LogP contribution < -0.4 is 0 Å². The summed E-state index contributed by atoms with van der Waals surface area (Å²) >= 11 is 0. The lowest BCUT2D eigenvalue weighted by molar-refractivity contribution is -0.384. The summed E-state index contributed by atoms with van der Waals surface area (Å²) in [5.74, 6) is -0.228. The molecule has 0 amide bonds. The van der Waals surface area contributed by atoms with Gasteiger partial charge in [0.05, 0.1) is 10.5 Å². The number of carbonyl (C=O) groups excluding carboxylic acids is 1. The standard InChI is InChI=1S/C19H13NO3/c21-19(15-9-5-2-6-10-15)16-11-12-17(18(13-16)20(22)23)14-7-3-1-4-8-14/h1-13H. The maximum atomic E-state index is 12.4. The zero-order chi connectivity index (χ0) is 16.2. The van der Waals surface area contributed by atoms with Crippen LogP contribution >= 0.6 is 0 Å². The number of nitro benzene ring substituents is 1. The molecule has 4 nitrogen and oxygen atoms in total. The summed E-state index contributed by atoms with van der Waals surface area (Å²) in [7, 11) is 0. The molecule has 0 aliphatic rings. The van der Waals surface area contributed by atoms with Crippen LogP contribution in [-0.2, 0) is 0 Å². The highest BCUT2D eigenvalue weighted by Crippen LogP contribution is 2.31. The number of carbonyl (C=O) groups is 1. The quantitative estimate of drug-likeness (QED) is 0.405. The summed E-state index contributed by atoms with van der Waals surface area (Å²) in [6.45, 7) is 0. The molecule has 0 saturated heterocycles. The molecule has 0 heterocycles. The van der Waals surface area contributed by atoms with Crippen molar-refractivity contribution in [3.8, 4) is 11.1 Å². The molecule has 0 atom stereocenters. The van der Waals surface area contributed by atoms with Crippen LogP contribution in [0.5, 0.6) is 0 Å². The van der Waals surface area contributed by atoms with Gasteiger partial charge in [0, 0.05) is 17.2 Å². The van der Waals surface area contributed by atoms with Gasteiger partial charge in [0.15, 0.2) is 5.78 Å². The Balaban J connectivity index is 2.07. The van der Waals surface area contributed by atoms with E-state index in [2.05, 4.69) is 0 Å². The topological polar surface area (TPSA) is 60.2 Å². The molecule has 0 fully saturated rings. The maximum Gasteiger partial charge on any atom is 0.277 e. The summed E-state index contributed by atoms with van der Waals surface area (Å²) in [6.07, 6.45) is 0. The predicted octanol–water partition coefficient (Wildman–Crippen LogP) is 4.49. The van der Waals surface area contributed by atoms with Crippen molar-refractivity contribution in [3.05, 3.63) is 100 Å². The van der Waals surface area contributed by atoms with E-state index in [-0.39, 0.29) is 11.5 Å². The van der Waals surface area contributed by atoms with Crippen molar-refractivity contribution in [3.63, 3.8) is 0 Å². The van der Waals surface area contributed by atoms with Crippen molar-refractivity contribution >= 4 is 11.5 Å². The smallest absolute Gasteiger partial charge is 0.277 e. The number of hydrogen-bond donors (Lipinski definition) is 0. The SMILES string of the molecule is O=C(c1ccccc1)c1ccc(-c2ccccc2)c([N+](=O)[O-])c1. The van der Waals surface area contributed by atoms with Crippen molar-refractivity contribution in [2.75, 3.05) is 0 Å². The van der Waals surface area contributed by atoms with E-state index in [1.165, 1.54) is 6.07 Å². The van der Waals surface area contributed by atoms with Gasteiger partial charge in [-0.05, 0) is 17.7 Å². The number of benzene rings is 3. The summed E-state index contributed by atoms with van der Waals surface area (Å²) in [6, 6.07) is 22.4. The van der Waals surface area contributed by atoms with Gasteiger partial charge in [-0.3, -0.25) is 14.9 Å². The third-order valence-corrected chi connectivity index (χ3v) is 3.58. The van der Waals surface area contributed by atoms with E-state index < -0.39 is 4.92 Å². The highest BCUT2D eigenvalue weighted by Gasteiger charge is 2.19. The van der Waals surface area contributed by atoms with Crippen LogP contribution in [-0.4, -0.2) is 10.7 Å². The van der Waals surface area contributed by atoms with E-state index in [4.69, 9.17) is 0 Å². The van der Waals surface area contributed by atoms with Gasteiger partial charge in [0.2, 0.25) is 0 Å². The molecule has 3 aromatic carbocycles. The van der Waals surface area contributed by atoms with E-state index in [1.54, 1.807) is 48.5 Å². The Labute approximate surface area is 133 Å². The van der Waals surface area contributed by atoms with E-state index in [0.717, 1.165) is 5.56 Å². The number of nitro groups is 1. The van der Waals surface area contributed by atoms with Crippen LogP contribution in [0.4, 0.5) is 5.69 Å². The van der Waals surface area contributed by atoms with Crippen LogP contribution in [0.3, 0.4) is 0 Å². The molecule has 0 aromatic heterocycles. The lowest BCUT2D eigenvalue weighted by atomic mass is 9.98. The number of nitrogens with zero attached hydrogens (tertiary/aromatic N) is 1. The molecule has 0 saturated carbocycles. The first-order valence-electron chi connectivity index (χ1n) is 7.10. The summed E-state index contributed by atoms with van der Waals surface area (Å²) in [5, 5.41) is 11.4. The van der Waals surface area contributed by atoms with Gasteiger partial charge in [-0.15, -0.1) is 0 Å². The molecule has 0 radical (unpaired) electrons. The molecular weight excluding hydrogens is 290 g/mol. The van der Waals surface area contributed by atoms with Crippen molar-refractivity contribution in [1.29, 1.82) is 0 Å². The third kappa shape index (κ3) is 3.01. The van der Waals surface area contributed by atoms with Gasteiger partial charge in [-0.1, -0.05) is 60.7 Å². The second-order valence-corrected chi connectivity index (χ2v) is 5.05. The van der Waals surface area contributed by atoms with Crippen molar-refractivity contribution in [1.82, 2.24) is 0 Å². The Bertz CT molecular complexity index is 858. The average molecular weight is 303 g/mol. The Morgan fingerprint density at radius 2 is 1.39 bits per heavy atom. The molecular formula is C19H13NO3. The largest absolute Gasteiger partial charge is 0.289 e. The first-order chi connectivity index (χ1) is 11.2. The fourth-order valence-corrected chi connectivity index (χ4v) is 2.44. The minimum Gasteiger partial charge on any atom is -0.289 e. The third-order valence-electron chi connectivity index (χ3n) is 3.58. The van der Waals surface area contributed by atoms with E-state index >= 15 is 0 Å². The Hall–Kier alpha value is -3.27. The first kappa shape index (κ1) is 14.7. The molecule has 0 spiro atoms. The van der Waals surface area contributed by atoms with Gasteiger partial charge in [0.1, 0.15) is 0 Å². The average Bonchev–Trinajstić information content (AvgIpc) is 2.62. The van der Waals surface area contributed by atoms with Crippen LogP contribution in [0, 0.1) is 10.1 Å². The summed E-state index contributed by atoms with van der Waals surface area (Å²) in [4.78, 5) is 23.4. The molecule has 112 valence electrons. The summed E-state index contributed by atoms with van der Waals surface area (Å²) in [5.41, 5.74) is 1.99.